The summed E-state index contributed by atoms with van der Waals surface area (Å²) in [5.74, 6) is 0.681. The summed E-state index contributed by atoms with van der Waals surface area (Å²) in [6.45, 7) is 0.618. The van der Waals surface area contributed by atoms with Gasteiger partial charge in [0.15, 0.2) is 5.82 Å². The van der Waals surface area contributed by atoms with Gasteiger partial charge in [-0.3, -0.25) is 4.79 Å². The Bertz CT molecular complexity index is 1120. The summed E-state index contributed by atoms with van der Waals surface area (Å²) in [6.07, 6.45) is 7.08. The van der Waals surface area contributed by atoms with E-state index >= 15 is 0 Å². The van der Waals surface area contributed by atoms with E-state index in [1.165, 1.54) is 0 Å². The molecule has 0 unspecified atom stereocenters. The van der Waals surface area contributed by atoms with Gasteiger partial charge in [0.1, 0.15) is 6.04 Å². The number of thiazole rings is 1. The van der Waals surface area contributed by atoms with Crippen molar-refractivity contribution >= 4 is 28.1 Å². The number of aromatic amines is 1. The van der Waals surface area contributed by atoms with Gasteiger partial charge in [0.2, 0.25) is 5.91 Å². The Kier molecular flexibility index (Phi) is 4.32. The Morgan fingerprint density at radius 1 is 1.25 bits per heavy atom. The maximum absolute atomic E-state index is 13.1. The molecule has 1 aromatic carbocycles. The summed E-state index contributed by atoms with van der Waals surface area (Å²) >= 11 is 1.58. The number of imidazole rings is 1. The first-order chi connectivity index (χ1) is 13.8. The third-order valence-electron chi connectivity index (χ3n) is 5.03. The van der Waals surface area contributed by atoms with Crippen LogP contribution in [0.15, 0.2) is 48.4 Å². The number of amides is 1. The Morgan fingerprint density at radius 2 is 2.18 bits per heavy atom. The highest BCUT2D eigenvalue weighted by Gasteiger charge is 2.35. The third kappa shape index (κ3) is 3.05. The maximum Gasteiger partial charge on any atom is 0.223 e. The molecule has 8 heteroatoms. The largest absolute Gasteiger partial charge is 0.348 e. The Balaban J connectivity index is 1.49. The Hall–Kier alpha value is -3.13. The molecule has 0 saturated carbocycles. The summed E-state index contributed by atoms with van der Waals surface area (Å²) in [7, 11) is 0. The second-order valence-corrected chi connectivity index (χ2v) is 7.70. The van der Waals surface area contributed by atoms with Gasteiger partial charge in [0, 0.05) is 54.7 Å². The summed E-state index contributed by atoms with van der Waals surface area (Å²) in [5, 5.41) is 3.89. The average Bonchev–Trinajstić information content (AvgIpc) is 3.42. The van der Waals surface area contributed by atoms with Gasteiger partial charge in [-0.1, -0.05) is 18.2 Å². The Labute approximate surface area is 165 Å². The molecular weight excluding hydrogens is 372 g/mol. The van der Waals surface area contributed by atoms with Crippen molar-refractivity contribution < 1.29 is 4.79 Å². The van der Waals surface area contributed by atoms with Crippen LogP contribution in [0.3, 0.4) is 0 Å². The van der Waals surface area contributed by atoms with E-state index in [1.54, 1.807) is 23.9 Å². The molecule has 7 nitrogen and oxygen atoms in total. The smallest absolute Gasteiger partial charge is 0.223 e. The number of para-hydroxylation sites is 1. The van der Waals surface area contributed by atoms with E-state index in [0.29, 0.717) is 25.2 Å². The lowest BCUT2D eigenvalue weighted by Gasteiger charge is -2.34. The first-order valence-corrected chi connectivity index (χ1v) is 10.1. The van der Waals surface area contributed by atoms with Crippen LogP contribution >= 0.6 is 11.3 Å². The predicted molar refractivity (Wildman–Crippen MR) is 106 cm³/mol. The van der Waals surface area contributed by atoms with E-state index < -0.39 is 0 Å². The van der Waals surface area contributed by atoms with Gasteiger partial charge in [0.05, 0.1) is 22.5 Å². The zero-order valence-electron chi connectivity index (χ0n) is 15.1. The van der Waals surface area contributed by atoms with Crippen molar-refractivity contribution in [3.05, 3.63) is 70.6 Å². The van der Waals surface area contributed by atoms with Crippen LogP contribution in [0.25, 0.3) is 10.9 Å². The highest BCUT2D eigenvalue weighted by atomic mass is 32.1. The zero-order valence-corrected chi connectivity index (χ0v) is 15.9. The number of nitrogens with one attached hydrogen (secondary N) is 1. The zero-order chi connectivity index (χ0) is 18.9. The standard InChI is InChI=1S/C20H18N6OS/c27-17(6-5-16-21-8-10-28-16)26-9-7-15-18(24-12-23-15)19(26)20-22-11-13-3-1-2-4-14(13)25-20/h1-4,8,10-12,19H,5-7,9H2,(H,23,24)/t19-/m0/s1. The van der Waals surface area contributed by atoms with Gasteiger partial charge in [-0.15, -0.1) is 11.3 Å². The van der Waals surface area contributed by atoms with Crippen molar-refractivity contribution in [2.45, 2.75) is 25.3 Å². The van der Waals surface area contributed by atoms with Crippen LogP contribution < -0.4 is 0 Å². The normalized spacial score (nSPS) is 16.3. The van der Waals surface area contributed by atoms with E-state index in [4.69, 9.17) is 4.98 Å². The SMILES string of the molecule is O=C(CCc1nccs1)N1CCc2[nH]cnc2[C@H]1c1ncc2ccccc2n1. The molecule has 0 bridgehead atoms. The summed E-state index contributed by atoms with van der Waals surface area (Å²) in [4.78, 5) is 36.2. The number of H-pyrrole nitrogens is 1. The van der Waals surface area contributed by atoms with Gasteiger partial charge in [-0.25, -0.2) is 19.9 Å². The minimum atomic E-state index is -0.372. The second-order valence-electron chi connectivity index (χ2n) is 6.72. The molecular formula is C20H18N6OS. The molecule has 140 valence electrons. The quantitative estimate of drug-likeness (QED) is 0.579. The van der Waals surface area contributed by atoms with Crippen molar-refractivity contribution in [1.82, 2.24) is 29.8 Å². The first-order valence-electron chi connectivity index (χ1n) is 9.21. The Morgan fingerprint density at radius 3 is 3.07 bits per heavy atom. The molecule has 0 aliphatic carbocycles. The molecule has 5 rings (SSSR count). The van der Waals surface area contributed by atoms with Gasteiger partial charge in [-0.2, -0.15) is 0 Å². The fourth-order valence-corrected chi connectivity index (χ4v) is 4.28. The van der Waals surface area contributed by atoms with Crippen molar-refractivity contribution in [2.24, 2.45) is 0 Å². The predicted octanol–water partition coefficient (Wildman–Crippen LogP) is 2.92. The molecule has 1 atom stereocenters. The van der Waals surface area contributed by atoms with Crippen LogP contribution in [0.1, 0.15) is 34.7 Å². The topological polar surface area (TPSA) is 87.7 Å². The van der Waals surface area contributed by atoms with E-state index in [0.717, 1.165) is 33.7 Å². The number of hydrogen-bond donors (Lipinski definition) is 1. The molecule has 4 heterocycles. The number of carbonyl (C=O) groups excluding carboxylic acids is 1. The van der Waals surface area contributed by atoms with E-state index in [2.05, 4.69) is 19.9 Å². The molecule has 28 heavy (non-hydrogen) atoms. The molecule has 0 saturated heterocycles. The van der Waals surface area contributed by atoms with Crippen molar-refractivity contribution in [3.63, 3.8) is 0 Å². The summed E-state index contributed by atoms with van der Waals surface area (Å²) < 4.78 is 0. The number of aromatic nitrogens is 5. The fourth-order valence-electron chi connectivity index (χ4n) is 3.66. The van der Waals surface area contributed by atoms with Gasteiger partial charge >= 0.3 is 0 Å². The van der Waals surface area contributed by atoms with Crippen LogP contribution in [0.2, 0.25) is 0 Å². The number of fused-ring (bicyclic) bond motifs is 2. The molecule has 1 aliphatic rings. The second kappa shape index (κ2) is 7.12. The number of hydrogen-bond acceptors (Lipinski definition) is 6. The van der Waals surface area contributed by atoms with Crippen molar-refractivity contribution in [1.29, 1.82) is 0 Å². The molecule has 1 amide bonds. The fraction of sp³-hybridized carbons (Fsp3) is 0.250. The minimum absolute atomic E-state index is 0.0746. The number of benzene rings is 1. The van der Waals surface area contributed by atoms with Gasteiger partial charge < -0.3 is 9.88 Å². The van der Waals surface area contributed by atoms with Crippen LogP contribution in [-0.2, 0) is 17.6 Å². The van der Waals surface area contributed by atoms with E-state index in [1.807, 2.05) is 40.7 Å². The molecule has 1 aliphatic heterocycles. The van der Waals surface area contributed by atoms with E-state index in [9.17, 15) is 4.79 Å². The monoisotopic (exact) mass is 390 g/mol. The van der Waals surface area contributed by atoms with Crippen LogP contribution in [0.4, 0.5) is 0 Å². The maximum atomic E-state index is 13.1. The number of rotatable bonds is 4. The lowest BCUT2D eigenvalue weighted by atomic mass is 10.0. The number of nitrogens with zero attached hydrogens (tertiary/aromatic N) is 5. The highest BCUT2D eigenvalue weighted by Crippen LogP contribution is 2.32. The van der Waals surface area contributed by atoms with E-state index in [-0.39, 0.29) is 11.9 Å². The average molecular weight is 390 g/mol. The molecule has 4 aromatic rings. The number of carbonyl (C=O) groups is 1. The summed E-state index contributed by atoms with van der Waals surface area (Å²) in [5.41, 5.74) is 2.75. The molecule has 0 spiro atoms. The van der Waals surface area contributed by atoms with Gasteiger partial charge in [0.25, 0.3) is 0 Å². The molecule has 3 aromatic heterocycles. The van der Waals surface area contributed by atoms with Crippen LogP contribution in [-0.4, -0.2) is 42.3 Å². The van der Waals surface area contributed by atoms with Crippen LogP contribution in [0.5, 0.6) is 0 Å². The van der Waals surface area contributed by atoms with Gasteiger partial charge in [-0.05, 0) is 6.07 Å². The lowest BCUT2D eigenvalue weighted by Crippen LogP contribution is -2.41. The van der Waals surface area contributed by atoms with Crippen molar-refractivity contribution in [3.8, 4) is 0 Å². The molecule has 0 fully saturated rings. The number of aryl methyl sites for hydroxylation is 1. The minimum Gasteiger partial charge on any atom is -0.348 e. The third-order valence-corrected chi connectivity index (χ3v) is 5.87. The highest BCUT2D eigenvalue weighted by molar-refractivity contribution is 7.09. The lowest BCUT2D eigenvalue weighted by molar-refractivity contribution is -0.133. The van der Waals surface area contributed by atoms with Crippen LogP contribution in [0, 0.1) is 0 Å². The summed E-state index contributed by atoms with van der Waals surface area (Å²) in [6, 6.07) is 7.49. The first kappa shape index (κ1) is 17.0. The molecule has 0 radical (unpaired) electrons. The molecule has 1 N–H and O–H groups in total. The van der Waals surface area contributed by atoms with Crippen molar-refractivity contribution in [2.75, 3.05) is 6.54 Å².